The molecule has 0 aliphatic carbocycles. The maximum atomic E-state index is 11.6. The van der Waals surface area contributed by atoms with Crippen LogP contribution in [-0.2, 0) is 9.09 Å². The molecular formula is C9H10NO5P. The van der Waals surface area contributed by atoms with Crippen LogP contribution in [0.3, 0.4) is 0 Å². The van der Waals surface area contributed by atoms with Crippen molar-refractivity contribution in [1.82, 2.24) is 0 Å². The lowest BCUT2D eigenvalue weighted by Crippen LogP contribution is -2.07. The Morgan fingerprint density at radius 3 is 2.50 bits per heavy atom. The van der Waals surface area contributed by atoms with E-state index in [0.29, 0.717) is 0 Å². The molecular weight excluding hydrogens is 233 g/mol. The Kier molecular flexibility index (Phi) is 3.95. The molecule has 6 nitrogen and oxygen atoms in total. The van der Waals surface area contributed by atoms with E-state index in [1.54, 1.807) is 0 Å². The average molecular weight is 243 g/mol. The minimum atomic E-state index is -3.91. The van der Waals surface area contributed by atoms with Crippen LogP contribution in [0.25, 0.3) is 0 Å². The summed E-state index contributed by atoms with van der Waals surface area (Å²) >= 11 is 0. The number of nitrogens with zero attached hydrogens (tertiary/aromatic N) is 1. The zero-order valence-electron chi connectivity index (χ0n) is 8.28. The molecule has 0 heterocycles. The van der Waals surface area contributed by atoms with Gasteiger partial charge in [-0.2, -0.15) is 0 Å². The first-order chi connectivity index (χ1) is 7.47. The molecule has 0 aliphatic rings. The van der Waals surface area contributed by atoms with Crippen molar-refractivity contribution in [1.29, 1.82) is 0 Å². The van der Waals surface area contributed by atoms with Crippen LogP contribution in [0.2, 0.25) is 0 Å². The zero-order valence-corrected chi connectivity index (χ0v) is 9.17. The van der Waals surface area contributed by atoms with Crippen molar-refractivity contribution in [3.05, 3.63) is 47.0 Å². The minimum Gasteiger partial charge on any atom is -0.321 e. The molecule has 0 saturated heterocycles. The molecule has 1 rings (SSSR count). The average Bonchev–Trinajstić information content (AvgIpc) is 2.26. The van der Waals surface area contributed by atoms with Gasteiger partial charge in [-0.25, -0.2) is 0 Å². The van der Waals surface area contributed by atoms with E-state index in [2.05, 4.69) is 11.1 Å². The summed E-state index contributed by atoms with van der Waals surface area (Å²) in [5.74, 6) is 0. The van der Waals surface area contributed by atoms with E-state index >= 15 is 0 Å². The number of hydrogen-bond donors (Lipinski definition) is 1. The molecule has 1 atom stereocenters. The van der Waals surface area contributed by atoms with Crippen molar-refractivity contribution in [2.45, 2.75) is 0 Å². The first kappa shape index (κ1) is 12.6. The quantitative estimate of drug-likeness (QED) is 0.367. The summed E-state index contributed by atoms with van der Waals surface area (Å²) in [6, 6.07) is 4.69. The molecule has 1 aromatic carbocycles. The highest BCUT2D eigenvalue weighted by atomic mass is 31.2. The number of rotatable bonds is 5. The van der Waals surface area contributed by atoms with Crippen molar-refractivity contribution in [3.63, 3.8) is 0 Å². The zero-order chi connectivity index (χ0) is 12.2. The first-order valence-electron chi connectivity index (χ1n) is 4.30. The Hall–Kier alpha value is -1.49. The van der Waals surface area contributed by atoms with E-state index in [-0.39, 0.29) is 17.6 Å². The fourth-order valence-electron chi connectivity index (χ4n) is 0.991. The van der Waals surface area contributed by atoms with Crippen LogP contribution >= 0.6 is 7.60 Å². The van der Waals surface area contributed by atoms with Crippen LogP contribution in [0.1, 0.15) is 0 Å². The predicted molar refractivity (Wildman–Crippen MR) is 58.7 cm³/mol. The van der Waals surface area contributed by atoms with Gasteiger partial charge in [0.2, 0.25) is 0 Å². The lowest BCUT2D eigenvalue weighted by atomic mass is 10.3. The van der Waals surface area contributed by atoms with Crippen molar-refractivity contribution in [2.24, 2.45) is 0 Å². The SMILES string of the molecule is C=CCOP(=O)(O)c1ccc([N+](=O)[O-])cc1. The molecule has 0 amide bonds. The van der Waals surface area contributed by atoms with Gasteiger partial charge in [-0.05, 0) is 12.1 Å². The van der Waals surface area contributed by atoms with Crippen molar-refractivity contribution in [3.8, 4) is 0 Å². The Morgan fingerprint density at radius 1 is 1.50 bits per heavy atom. The van der Waals surface area contributed by atoms with E-state index < -0.39 is 12.5 Å². The highest BCUT2D eigenvalue weighted by Crippen LogP contribution is 2.40. The second kappa shape index (κ2) is 5.03. The fraction of sp³-hybridized carbons (Fsp3) is 0.111. The van der Waals surface area contributed by atoms with Gasteiger partial charge in [0.15, 0.2) is 0 Å². The summed E-state index contributed by atoms with van der Waals surface area (Å²) in [4.78, 5) is 19.2. The van der Waals surface area contributed by atoms with E-state index in [9.17, 15) is 19.6 Å². The summed E-state index contributed by atoms with van der Waals surface area (Å²) in [5.41, 5.74) is -0.146. The van der Waals surface area contributed by atoms with Gasteiger partial charge in [-0.15, -0.1) is 6.58 Å². The van der Waals surface area contributed by atoms with Gasteiger partial charge < -0.3 is 9.42 Å². The molecule has 0 bridgehead atoms. The van der Waals surface area contributed by atoms with Gasteiger partial charge in [-0.1, -0.05) is 6.08 Å². The number of nitro benzene ring substituents is 1. The molecule has 1 N–H and O–H groups in total. The van der Waals surface area contributed by atoms with Gasteiger partial charge in [0, 0.05) is 12.1 Å². The van der Waals surface area contributed by atoms with Crippen molar-refractivity contribution < 1.29 is 18.9 Å². The molecule has 1 aromatic rings. The van der Waals surface area contributed by atoms with Gasteiger partial charge in [0.1, 0.15) is 0 Å². The van der Waals surface area contributed by atoms with Gasteiger partial charge >= 0.3 is 7.60 Å². The molecule has 0 radical (unpaired) electrons. The van der Waals surface area contributed by atoms with E-state index in [1.807, 2.05) is 0 Å². The normalized spacial score (nSPS) is 14.1. The van der Waals surface area contributed by atoms with E-state index in [1.165, 1.54) is 18.2 Å². The van der Waals surface area contributed by atoms with Crippen LogP contribution in [0, 0.1) is 10.1 Å². The number of benzene rings is 1. The van der Waals surface area contributed by atoms with Crippen LogP contribution in [-0.4, -0.2) is 16.4 Å². The smallest absolute Gasteiger partial charge is 0.321 e. The van der Waals surface area contributed by atoms with Gasteiger partial charge in [0.05, 0.1) is 16.8 Å². The third-order valence-corrected chi connectivity index (χ3v) is 3.20. The highest BCUT2D eigenvalue weighted by molar-refractivity contribution is 7.61. The molecule has 86 valence electrons. The summed E-state index contributed by atoms with van der Waals surface area (Å²) in [7, 11) is -3.91. The van der Waals surface area contributed by atoms with Crippen molar-refractivity contribution >= 4 is 18.6 Å². The second-order valence-electron chi connectivity index (χ2n) is 2.88. The van der Waals surface area contributed by atoms with Crippen LogP contribution in [0.15, 0.2) is 36.9 Å². The molecule has 0 fully saturated rings. The fourth-order valence-corrected chi connectivity index (χ4v) is 1.97. The topological polar surface area (TPSA) is 89.7 Å². The monoisotopic (exact) mass is 243 g/mol. The number of non-ortho nitro benzene ring substituents is 1. The summed E-state index contributed by atoms with van der Waals surface area (Å²) in [5, 5.41) is 10.4. The third-order valence-electron chi connectivity index (χ3n) is 1.75. The maximum Gasteiger partial charge on any atom is 0.359 e. The Balaban J connectivity index is 2.92. The van der Waals surface area contributed by atoms with E-state index in [0.717, 1.165) is 12.1 Å². The summed E-state index contributed by atoms with van der Waals surface area (Å²) in [6.45, 7) is 3.28. The highest BCUT2D eigenvalue weighted by Gasteiger charge is 2.22. The molecule has 0 spiro atoms. The lowest BCUT2D eigenvalue weighted by molar-refractivity contribution is -0.384. The molecule has 7 heteroatoms. The largest absolute Gasteiger partial charge is 0.359 e. The van der Waals surface area contributed by atoms with Gasteiger partial charge in [-0.3, -0.25) is 14.7 Å². The lowest BCUT2D eigenvalue weighted by Gasteiger charge is -2.10. The molecule has 0 aliphatic heterocycles. The summed E-state index contributed by atoms with van der Waals surface area (Å²) < 4.78 is 16.3. The number of nitro groups is 1. The molecule has 16 heavy (non-hydrogen) atoms. The minimum absolute atomic E-state index is 0.0138. The predicted octanol–water partition coefficient (Wildman–Crippen LogP) is 1.61. The van der Waals surface area contributed by atoms with Gasteiger partial charge in [0.25, 0.3) is 5.69 Å². The third kappa shape index (κ3) is 3.00. The number of hydrogen-bond acceptors (Lipinski definition) is 4. The Morgan fingerprint density at radius 2 is 2.06 bits per heavy atom. The standard InChI is InChI=1S/C9H10NO5P/c1-2-7-15-16(13,14)9-5-3-8(4-6-9)10(11)12/h2-6H,1,7H2,(H,13,14). The molecule has 0 saturated carbocycles. The van der Waals surface area contributed by atoms with Crippen LogP contribution in [0.4, 0.5) is 5.69 Å². The Bertz CT molecular complexity index is 442. The second-order valence-corrected chi connectivity index (χ2v) is 4.69. The van der Waals surface area contributed by atoms with E-state index in [4.69, 9.17) is 0 Å². The summed E-state index contributed by atoms with van der Waals surface area (Å²) in [6.07, 6.45) is 1.34. The maximum absolute atomic E-state index is 11.6. The van der Waals surface area contributed by atoms with Crippen LogP contribution in [0.5, 0.6) is 0 Å². The van der Waals surface area contributed by atoms with Crippen molar-refractivity contribution in [2.75, 3.05) is 6.61 Å². The first-order valence-corrected chi connectivity index (χ1v) is 5.88. The molecule has 0 aromatic heterocycles. The molecule has 1 unspecified atom stereocenters. The Labute approximate surface area is 91.9 Å². The van der Waals surface area contributed by atoms with Crippen LogP contribution < -0.4 is 5.30 Å².